The molecule has 0 radical (unpaired) electrons. The monoisotopic (exact) mass is 805 g/mol. The number of nitrogens with zero attached hydrogens (tertiary/aromatic N) is 2. The average molecular weight is 807 g/mol. The Balaban J connectivity index is 0.00000605. The molecule has 1 aliphatic rings. The maximum atomic E-state index is 14.1. The fraction of sp³-hybridized carbons (Fsp3) is 0.405. The number of thiocarbonyl (C=S) groups is 1. The van der Waals surface area contributed by atoms with Crippen molar-refractivity contribution in [3.05, 3.63) is 119 Å². The van der Waals surface area contributed by atoms with Gasteiger partial charge < -0.3 is 37.0 Å². The lowest BCUT2D eigenvalue weighted by atomic mass is 9.86. The molecule has 3 N–H and O–H groups in total. The van der Waals surface area contributed by atoms with E-state index in [-0.39, 0.29) is 28.8 Å². The van der Waals surface area contributed by atoms with Crippen LogP contribution in [-0.4, -0.2) is 57.5 Å². The molecular formula is C42H56BrN5O2S2. The molecule has 0 bridgehead atoms. The molecule has 5 rings (SSSR count). The van der Waals surface area contributed by atoms with E-state index < -0.39 is 15.4 Å². The molecule has 1 aliphatic heterocycles. The van der Waals surface area contributed by atoms with E-state index in [1.54, 1.807) is 0 Å². The van der Waals surface area contributed by atoms with E-state index in [2.05, 4.69) is 111 Å². The lowest BCUT2D eigenvalue weighted by Crippen LogP contribution is -3.00. The number of halogens is 1. The van der Waals surface area contributed by atoms with Crippen molar-refractivity contribution >= 4 is 44.2 Å². The minimum Gasteiger partial charge on any atom is -1.00 e. The first-order chi connectivity index (χ1) is 24.3. The Bertz CT molecular complexity index is 1860. The SMILES string of the molecule is CCCCC1(CCCC)CS(=O)(=O)c2ccc(N(C)C)cc2C(c2ccc(NC(=S)Nc3ccc(C[N+](C)(C)Cc4ccccc4)cc3)cc2)N1.[Br-]. The number of anilines is 3. The number of benzene rings is 4. The molecular weight excluding hydrogens is 751 g/mol. The fourth-order valence-electron chi connectivity index (χ4n) is 7.27. The molecule has 0 spiro atoms. The summed E-state index contributed by atoms with van der Waals surface area (Å²) in [7, 11) is 4.96. The summed E-state index contributed by atoms with van der Waals surface area (Å²) in [5, 5.41) is 11.1. The van der Waals surface area contributed by atoms with Crippen molar-refractivity contribution in [1.82, 2.24) is 5.32 Å². The molecule has 1 unspecified atom stereocenters. The maximum absolute atomic E-state index is 14.1. The van der Waals surface area contributed by atoms with E-state index in [4.69, 9.17) is 12.2 Å². The van der Waals surface area contributed by atoms with Crippen LogP contribution in [0, 0.1) is 0 Å². The highest BCUT2D eigenvalue weighted by Gasteiger charge is 2.42. The minimum atomic E-state index is -3.53. The Hall–Kier alpha value is -3.28. The van der Waals surface area contributed by atoms with Gasteiger partial charge in [-0.25, -0.2) is 8.42 Å². The summed E-state index contributed by atoms with van der Waals surface area (Å²) in [5.41, 5.74) is 6.68. The van der Waals surface area contributed by atoms with Crippen molar-refractivity contribution in [2.75, 3.05) is 49.5 Å². The molecule has 10 heteroatoms. The largest absolute Gasteiger partial charge is 1.00 e. The van der Waals surface area contributed by atoms with E-state index in [1.807, 2.05) is 49.3 Å². The van der Waals surface area contributed by atoms with Crippen LogP contribution in [0.25, 0.3) is 0 Å². The van der Waals surface area contributed by atoms with Crippen LogP contribution < -0.4 is 37.8 Å². The molecule has 1 heterocycles. The highest BCUT2D eigenvalue weighted by molar-refractivity contribution is 7.91. The first-order valence-corrected chi connectivity index (χ1v) is 20.3. The van der Waals surface area contributed by atoms with Crippen LogP contribution in [0.2, 0.25) is 0 Å². The maximum Gasteiger partial charge on any atom is 0.180 e. The number of hydrogen-bond donors (Lipinski definition) is 3. The highest BCUT2D eigenvalue weighted by atomic mass is 79.9. The predicted molar refractivity (Wildman–Crippen MR) is 218 cm³/mol. The van der Waals surface area contributed by atoms with E-state index in [9.17, 15) is 8.42 Å². The summed E-state index contributed by atoms with van der Waals surface area (Å²) in [6, 6.07) is 32.8. The number of unbranched alkanes of at least 4 members (excludes halogenated alkanes) is 2. The second-order valence-corrected chi connectivity index (χ2v) is 17.4. The fourth-order valence-corrected chi connectivity index (χ4v) is 9.57. The van der Waals surface area contributed by atoms with Gasteiger partial charge in [0.15, 0.2) is 14.9 Å². The van der Waals surface area contributed by atoms with Gasteiger partial charge in [-0.1, -0.05) is 94.1 Å². The third-order valence-electron chi connectivity index (χ3n) is 9.87. The Kier molecular flexibility index (Phi) is 14.5. The third kappa shape index (κ3) is 10.9. The minimum absolute atomic E-state index is 0. The molecule has 280 valence electrons. The van der Waals surface area contributed by atoms with Crippen LogP contribution in [0.3, 0.4) is 0 Å². The van der Waals surface area contributed by atoms with Crippen molar-refractivity contribution in [2.45, 2.75) is 81.9 Å². The van der Waals surface area contributed by atoms with Crippen LogP contribution >= 0.6 is 12.2 Å². The van der Waals surface area contributed by atoms with Crippen molar-refractivity contribution in [1.29, 1.82) is 0 Å². The molecule has 0 saturated heterocycles. The van der Waals surface area contributed by atoms with Gasteiger partial charge in [-0.05, 0) is 78.7 Å². The lowest BCUT2D eigenvalue weighted by Gasteiger charge is -2.37. The Morgan fingerprint density at radius 3 is 1.90 bits per heavy atom. The second kappa shape index (κ2) is 18.2. The van der Waals surface area contributed by atoms with Crippen molar-refractivity contribution in [3.63, 3.8) is 0 Å². The van der Waals surface area contributed by atoms with Crippen LogP contribution in [-0.2, 0) is 22.9 Å². The molecule has 0 aromatic heterocycles. The van der Waals surface area contributed by atoms with E-state index in [0.717, 1.165) is 84.3 Å². The Morgan fingerprint density at radius 2 is 1.37 bits per heavy atom. The number of quaternary nitrogens is 1. The van der Waals surface area contributed by atoms with E-state index >= 15 is 0 Å². The molecule has 0 aliphatic carbocycles. The summed E-state index contributed by atoms with van der Waals surface area (Å²) >= 11 is 5.71. The number of sulfone groups is 1. The quantitative estimate of drug-likeness (QED) is 0.108. The first kappa shape index (κ1) is 41.5. The van der Waals surface area contributed by atoms with Crippen LogP contribution in [0.4, 0.5) is 17.1 Å². The van der Waals surface area contributed by atoms with Crippen LogP contribution in [0.5, 0.6) is 0 Å². The molecule has 0 saturated carbocycles. The van der Waals surface area contributed by atoms with Gasteiger partial charge in [0, 0.05) is 47.8 Å². The summed E-state index contributed by atoms with van der Waals surface area (Å²) < 4.78 is 29.0. The third-order valence-corrected chi connectivity index (χ3v) is 12.0. The zero-order valence-electron chi connectivity index (χ0n) is 31.6. The van der Waals surface area contributed by atoms with Crippen molar-refractivity contribution in [3.8, 4) is 0 Å². The van der Waals surface area contributed by atoms with Crippen LogP contribution in [0.15, 0.2) is 102 Å². The molecule has 0 amide bonds. The Labute approximate surface area is 328 Å². The zero-order valence-corrected chi connectivity index (χ0v) is 34.8. The van der Waals surface area contributed by atoms with Crippen molar-refractivity contribution in [2.24, 2.45) is 0 Å². The van der Waals surface area contributed by atoms with Gasteiger partial charge in [-0.2, -0.15) is 0 Å². The van der Waals surface area contributed by atoms with Gasteiger partial charge in [0.25, 0.3) is 0 Å². The molecule has 4 aromatic rings. The number of fused-ring (bicyclic) bond motifs is 1. The predicted octanol–water partition coefficient (Wildman–Crippen LogP) is 5.93. The van der Waals surface area contributed by atoms with Gasteiger partial charge in [-0.3, -0.25) is 5.32 Å². The molecule has 0 fully saturated rings. The average Bonchev–Trinajstić information content (AvgIpc) is 3.19. The number of hydrogen-bond acceptors (Lipinski definition) is 5. The Morgan fingerprint density at radius 1 is 0.827 bits per heavy atom. The second-order valence-electron chi connectivity index (χ2n) is 15.1. The molecule has 52 heavy (non-hydrogen) atoms. The summed E-state index contributed by atoms with van der Waals surface area (Å²) in [5.74, 6) is 0.107. The van der Waals surface area contributed by atoms with E-state index in [1.165, 1.54) is 11.1 Å². The standard InChI is InChI=1S/C42H55N5O2S2.BrH/c1-7-9-26-42(27-10-8-2)31-51(48,49)39-25-24-37(46(3)4)28-38(39)40(45-42)34-18-22-36(23-19-34)44-41(50)43-35-20-16-33(17-21-35)30-47(5,6)29-32-14-12-11-13-15-32;/h11-25,28,40,45H,7-10,26-27,29-31H2,1-6H3,(H-,43,44,50);1H. The summed E-state index contributed by atoms with van der Waals surface area (Å²) in [4.78, 5) is 2.45. The van der Waals surface area contributed by atoms with Gasteiger partial charge in [0.2, 0.25) is 0 Å². The topological polar surface area (TPSA) is 73.5 Å². The molecule has 4 aromatic carbocycles. The smallest absolute Gasteiger partial charge is 0.180 e. The van der Waals surface area contributed by atoms with Gasteiger partial charge in [-0.15, -0.1) is 0 Å². The lowest BCUT2D eigenvalue weighted by molar-refractivity contribution is -0.916. The normalized spacial score (nSPS) is 16.2. The van der Waals surface area contributed by atoms with Gasteiger partial charge in [0.1, 0.15) is 13.1 Å². The summed E-state index contributed by atoms with van der Waals surface area (Å²) in [6.45, 7) is 6.22. The first-order valence-electron chi connectivity index (χ1n) is 18.3. The summed E-state index contributed by atoms with van der Waals surface area (Å²) in [6.07, 6.45) is 5.61. The van der Waals surface area contributed by atoms with Crippen LogP contribution in [0.1, 0.15) is 80.7 Å². The molecule has 7 nitrogen and oxygen atoms in total. The van der Waals surface area contributed by atoms with Crippen molar-refractivity contribution < 1.29 is 29.9 Å². The zero-order chi connectivity index (χ0) is 36.6. The molecule has 1 atom stereocenters. The van der Waals surface area contributed by atoms with Gasteiger partial charge in [0.05, 0.1) is 30.8 Å². The van der Waals surface area contributed by atoms with Gasteiger partial charge >= 0.3 is 0 Å². The van der Waals surface area contributed by atoms with E-state index in [0.29, 0.717) is 10.0 Å². The number of rotatable bonds is 14. The number of nitrogens with one attached hydrogen (secondary N) is 3. The highest BCUT2D eigenvalue weighted by Crippen LogP contribution is 2.40.